The van der Waals surface area contributed by atoms with E-state index in [-0.39, 0.29) is 30.6 Å². The van der Waals surface area contributed by atoms with Crippen LogP contribution in [0.2, 0.25) is 0 Å². The second-order valence-corrected chi connectivity index (χ2v) is 11.6. The Morgan fingerprint density at radius 2 is 1.71 bits per heavy atom. The van der Waals surface area contributed by atoms with Crippen LogP contribution in [-0.4, -0.2) is 28.5 Å². The van der Waals surface area contributed by atoms with Gasteiger partial charge in [-0.15, -0.1) is 0 Å². The molecule has 0 spiro atoms. The molecular formula is C21H20F6O5S2. The first kappa shape index (κ1) is 26.6. The number of benzene rings is 2. The highest BCUT2D eigenvalue weighted by molar-refractivity contribution is 7.92. The van der Waals surface area contributed by atoms with E-state index in [1.165, 1.54) is 13.0 Å². The molecular weight excluding hydrogens is 510 g/mol. The van der Waals surface area contributed by atoms with Crippen LogP contribution in [0.1, 0.15) is 48.1 Å². The Morgan fingerprint density at radius 3 is 2.29 bits per heavy atom. The maximum atomic E-state index is 13.4. The van der Waals surface area contributed by atoms with E-state index in [0.29, 0.717) is 6.07 Å². The molecule has 2 aromatic rings. The third-order valence-electron chi connectivity index (χ3n) is 5.69. The predicted molar refractivity (Wildman–Crippen MR) is 111 cm³/mol. The second-order valence-electron chi connectivity index (χ2n) is 8.22. The molecule has 188 valence electrons. The van der Waals surface area contributed by atoms with Crippen molar-refractivity contribution >= 4 is 20.9 Å². The van der Waals surface area contributed by atoms with Gasteiger partial charge in [-0.05, 0) is 61.2 Å². The molecule has 1 fully saturated rings. The average Bonchev–Trinajstić information content (AvgIpc) is 2.72. The maximum Gasteiger partial charge on any atom is 0.416 e. The van der Waals surface area contributed by atoms with Gasteiger partial charge in [-0.1, -0.05) is 12.1 Å². The fourth-order valence-electron chi connectivity index (χ4n) is 3.85. The predicted octanol–water partition coefficient (Wildman–Crippen LogP) is 5.53. The largest absolute Gasteiger partial charge is 0.416 e. The van der Waals surface area contributed by atoms with Gasteiger partial charge >= 0.3 is 12.4 Å². The molecule has 0 radical (unpaired) electrons. The third-order valence-corrected chi connectivity index (χ3v) is 8.82. The average molecular weight is 531 g/mol. The normalized spacial score (nSPS) is 23.0. The van der Waals surface area contributed by atoms with Gasteiger partial charge in [-0.3, -0.25) is 0 Å². The van der Waals surface area contributed by atoms with Crippen LogP contribution in [0.25, 0.3) is 0 Å². The zero-order valence-electron chi connectivity index (χ0n) is 17.6. The zero-order valence-corrected chi connectivity index (χ0v) is 19.2. The van der Waals surface area contributed by atoms with Crippen molar-refractivity contribution in [3.63, 3.8) is 0 Å². The lowest BCUT2D eigenvalue weighted by atomic mass is 9.91. The summed E-state index contributed by atoms with van der Waals surface area (Å²) >= 11 is -2.42. The number of halogens is 6. The highest BCUT2D eigenvalue weighted by Gasteiger charge is 2.46. The Hall–Kier alpha value is -1.96. The fourth-order valence-corrected chi connectivity index (χ4v) is 6.13. The molecule has 34 heavy (non-hydrogen) atoms. The number of hydrogen-bond donors (Lipinski definition) is 1. The topological polar surface area (TPSA) is 80.7 Å². The summed E-state index contributed by atoms with van der Waals surface area (Å²) < 4.78 is 130. The molecule has 3 atom stereocenters. The Morgan fingerprint density at radius 1 is 1.06 bits per heavy atom. The van der Waals surface area contributed by atoms with Crippen LogP contribution >= 0.6 is 0 Å². The summed E-state index contributed by atoms with van der Waals surface area (Å²) in [5.41, 5.74) is -2.37. The van der Waals surface area contributed by atoms with Gasteiger partial charge in [0.05, 0.1) is 32.6 Å². The minimum Gasteiger partial charge on any atom is -0.373 e. The van der Waals surface area contributed by atoms with Crippen molar-refractivity contribution in [3.05, 3.63) is 64.7 Å². The van der Waals surface area contributed by atoms with Gasteiger partial charge in [0, 0.05) is 6.61 Å². The standard InChI is InChI=1S/C21H20F6O5S2/c1-19(34(30,31)17-4-2-3-15(10-17)20(22,23)24)5-6-32-18(11-19)14-7-13(12-33(28)29)8-16(9-14)21(25,26)27/h2-4,7-10,18H,5-6,11-12H2,1H3,(H,28,29). The van der Waals surface area contributed by atoms with Crippen molar-refractivity contribution in [3.8, 4) is 0 Å². The molecule has 1 heterocycles. The van der Waals surface area contributed by atoms with Gasteiger partial charge in [0.15, 0.2) is 20.9 Å². The molecule has 1 aliphatic rings. The van der Waals surface area contributed by atoms with Crippen molar-refractivity contribution in [2.45, 2.75) is 53.6 Å². The van der Waals surface area contributed by atoms with Crippen molar-refractivity contribution in [1.29, 1.82) is 0 Å². The molecule has 1 N–H and O–H groups in total. The molecule has 3 rings (SSSR count). The van der Waals surface area contributed by atoms with Crippen molar-refractivity contribution in [2.24, 2.45) is 0 Å². The van der Waals surface area contributed by atoms with Crippen molar-refractivity contribution in [1.82, 2.24) is 0 Å². The quantitative estimate of drug-likeness (QED) is 0.406. The number of hydrogen-bond acceptors (Lipinski definition) is 4. The number of ether oxygens (including phenoxy) is 1. The minimum absolute atomic E-state index is 0.0413. The Balaban J connectivity index is 2.01. The smallest absolute Gasteiger partial charge is 0.373 e. The molecule has 1 saturated heterocycles. The molecule has 2 aromatic carbocycles. The van der Waals surface area contributed by atoms with Crippen LogP contribution in [0.3, 0.4) is 0 Å². The van der Waals surface area contributed by atoms with E-state index in [9.17, 15) is 39.0 Å². The fraction of sp³-hybridized carbons (Fsp3) is 0.429. The van der Waals surface area contributed by atoms with Crippen LogP contribution in [0, 0.1) is 0 Å². The number of rotatable bonds is 5. The molecule has 0 saturated carbocycles. The van der Waals surface area contributed by atoms with Crippen molar-refractivity contribution in [2.75, 3.05) is 6.61 Å². The zero-order chi connectivity index (χ0) is 25.5. The van der Waals surface area contributed by atoms with Crippen LogP contribution in [-0.2, 0) is 43.8 Å². The highest BCUT2D eigenvalue weighted by atomic mass is 32.2. The minimum atomic E-state index is -4.77. The highest BCUT2D eigenvalue weighted by Crippen LogP contribution is 2.44. The second kappa shape index (κ2) is 9.25. The van der Waals surface area contributed by atoms with Crippen LogP contribution < -0.4 is 0 Å². The van der Waals surface area contributed by atoms with E-state index >= 15 is 0 Å². The van der Waals surface area contributed by atoms with Crippen LogP contribution in [0.5, 0.6) is 0 Å². The summed E-state index contributed by atoms with van der Waals surface area (Å²) in [7, 11) is -4.34. The molecule has 0 bridgehead atoms. The summed E-state index contributed by atoms with van der Waals surface area (Å²) in [5, 5.41) is 0. The Bertz CT molecular complexity index is 1190. The lowest BCUT2D eigenvalue weighted by Crippen LogP contribution is -2.42. The maximum absolute atomic E-state index is 13.4. The molecule has 3 unspecified atom stereocenters. The Labute approximate surface area is 194 Å². The first-order valence-corrected chi connectivity index (χ1v) is 12.6. The lowest BCUT2D eigenvalue weighted by molar-refractivity contribution is -0.138. The van der Waals surface area contributed by atoms with Crippen molar-refractivity contribution < 1.29 is 48.3 Å². The van der Waals surface area contributed by atoms with E-state index in [0.717, 1.165) is 30.3 Å². The Kier molecular flexibility index (Phi) is 7.25. The lowest BCUT2D eigenvalue weighted by Gasteiger charge is -2.38. The summed E-state index contributed by atoms with van der Waals surface area (Å²) in [5.74, 6) is -0.580. The molecule has 0 aliphatic carbocycles. The van der Waals surface area contributed by atoms with Crippen LogP contribution in [0.4, 0.5) is 26.3 Å². The van der Waals surface area contributed by atoms with E-state index in [1.54, 1.807) is 0 Å². The van der Waals surface area contributed by atoms with Gasteiger partial charge in [0.1, 0.15) is 0 Å². The van der Waals surface area contributed by atoms with E-state index in [4.69, 9.17) is 9.29 Å². The van der Waals surface area contributed by atoms with Gasteiger partial charge in [-0.2, -0.15) is 26.3 Å². The summed E-state index contributed by atoms with van der Waals surface area (Å²) in [6.07, 6.45) is -11.1. The summed E-state index contributed by atoms with van der Waals surface area (Å²) in [4.78, 5) is -0.550. The first-order chi connectivity index (χ1) is 15.5. The molecule has 13 heteroatoms. The van der Waals surface area contributed by atoms with Gasteiger partial charge in [0.25, 0.3) is 0 Å². The number of alkyl halides is 6. The third kappa shape index (κ3) is 5.64. The van der Waals surface area contributed by atoms with Crippen LogP contribution in [0.15, 0.2) is 47.4 Å². The SMILES string of the molecule is CC1(S(=O)(=O)c2cccc(C(F)(F)F)c2)CCOC(c2cc(CS(=O)O)cc(C(F)(F)F)c2)C1. The molecule has 0 aromatic heterocycles. The molecule has 5 nitrogen and oxygen atoms in total. The summed E-state index contributed by atoms with van der Waals surface area (Å²) in [6, 6.07) is 6.02. The van der Waals surface area contributed by atoms with Gasteiger partial charge in [0.2, 0.25) is 0 Å². The first-order valence-electron chi connectivity index (χ1n) is 9.85. The molecule has 0 amide bonds. The van der Waals surface area contributed by atoms with E-state index in [2.05, 4.69) is 0 Å². The van der Waals surface area contributed by atoms with Gasteiger partial charge in [-0.25, -0.2) is 12.6 Å². The van der Waals surface area contributed by atoms with Gasteiger partial charge < -0.3 is 9.29 Å². The van der Waals surface area contributed by atoms with E-state index < -0.39 is 65.9 Å². The van der Waals surface area contributed by atoms with E-state index in [1.807, 2.05) is 0 Å². The number of sulfone groups is 1. The molecule has 1 aliphatic heterocycles. The monoisotopic (exact) mass is 530 g/mol. The summed E-state index contributed by atoms with van der Waals surface area (Å²) in [6.45, 7) is 1.15.